The lowest BCUT2D eigenvalue weighted by Crippen LogP contribution is -2.17. The van der Waals surface area contributed by atoms with E-state index in [0.717, 1.165) is 11.3 Å². The highest BCUT2D eigenvalue weighted by molar-refractivity contribution is 5.68. The highest BCUT2D eigenvalue weighted by atomic mass is 16.1. The summed E-state index contributed by atoms with van der Waals surface area (Å²) in [5, 5.41) is 3.09. The summed E-state index contributed by atoms with van der Waals surface area (Å²) in [5.74, 6) is 0. The molecular weight excluding hydrogens is 226 g/mol. The van der Waals surface area contributed by atoms with Crippen LogP contribution in [0.2, 0.25) is 0 Å². The fourth-order valence-electron chi connectivity index (χ4n) is 2.23. The Bertz CT molecular complexity index is 650. The van der Waals surface area contributed by atoms with Gasteiger partial charge < -0.3 is 5.73 Å². The lowest BCUT2D eigenvalue weighted by molar-refractivity contribution is 0.739. The summed E-state index contributed by atoms with van der Waals surface area (Å²) in [6, 6.07) is 4.12. The van der Waals surface area contributed by atoms with Crippen LogP contribution in [0.1, 0.15) is 22.3 Å². The molecule has 0 saturated carbocycles. The highest BCUT2D eigenvalue weighted by Gasteiger charge is 2.15. The number of aromatic amines is 1. The van der Waals surface area contributed by atoms with Crippen molar-refractivity contribution >= 4 is 0 Å². The number of hydrogen-bond donors (Lipinski definition) is 2. The molecule has 0 spiro atoms. The largest absolute Gasteiger partial charge is 0.326 e. The van der Waals surface area contributed by atoms with Gasteiger partial charge in [0.2, 0.25) is 0 Å². The molecule has 0 bridgehead atoms. The first-order valence-corrected chi connectivity index (χ1v) is 6.02. The third-order valence-corrected chi connectivity index (χ3v) is 3.68. The van der Waals surface area contributed by atoms with Gasteiger partial charge in [0.1, 0.15) is 0 Å². The Hall–Kier alpha value is -1.81. The minimum atomic E-state index is -0.0508. The lowest BCUT2D eigenvalue weighted by Gasteiger charge is -2.11. The maximum absolute atomic E-state index is 11.9. The van der Waals surface area contributed by atoms with Crippen LogP contribution in [0.15, 0.2) is 16.9 Å². The van der Waals surface area contributed by atoms with Gasteiger partial charge in [0, 0.05) is 19.2 Å². The number of benzene rings is 1. The van der Waals surface area contributed by atoms with E-state index in [0.29, 0.717) is 5.56 Å². The molecule has 0 aliphatic carbocycles. The molecule has 2 aromatic rings. The predicted octanol–water partition coefficient (Wildman–Crippen LogP) is 1.76. The molecule has 1 heterocycles. The Morgan fingerprint density at radius 1 is 1.22 bits per heavy atom. The summed E-state index contributed by atoms with van der Waals surface area (Å²) in [5.41, 5.74) is 11.9. The molecule has 0 atom stereocenters. The molecular formula is C14H19N3O. The van der Waals surface area contributed by atoms with Crippen molar-refractivity contribution in [2.75, 3.05) is 0 Å². The van der Waals surface area contributed by atoms with Crippen molar-refractivity contribution in [3.05, 3.63) is 44.7 Å². The Kier molecular flexibility index (Phi) is 3.13. The van der Waals surface area contributed by atoms with E-state index in [2.05, 4.69) is 31.9 Å². The van der Waals surface area contributed by atoms with Gasteiger partial charge in [-0.3, -0.25) is 14.6 Å². The van der Waals surface area contributed by atoms with E-state index in [1.54, 1.807) is 7.05 Å². The van der Waals surface area contributed by atoms with Crippen LogP contribution < -0.4 is 11.3 Å². The van der Waals surface area contributed by atoms with Crippen molar-refractivity contribution in [3.8, 4) is 11.3 Å². The third-order valence-electron chi connectivity index (χ3n) is 3.68. The summed E-state index contributed by atoms with van der Waals surface area (Å²) in [6.07, 6.45) is 0. The summed E-state index contributed by atoms with van der Waals surface area (Å²) < 4.78 is 1.48. The number of rotatable bonds is 2. The Morgan fingerprint density at radius 3 is 2.50 bits per heavy atom. The number of nitrogens with one attached hydrogen (secondary N) is 1. The molecule has 0 amide bonds. The van der Waals surface area contributed by atoms with Crippen molar-refractivity contribution in [3.63, 3.8) is 0 Å². The van der Waals surface area contributed by atoms with Gasteiger partial charge in [0.15, 0.2) is 0 Å². The van der Waals surface area contributed by atoms with Gasteiger partial charge in [-0.15, -0.1) is 0 Å². The fourth-order valence-corrected chi connectivity index (χ4v) is 2.23. The second-order valence-corrected chi connectivity index (χ2v) is 4.71. The van der Waals surface area contributed by atoms with E-state index >= 15 is 0 Å². The molecule has 0 fully saturated rings. The molecule has 0 aliphatic heterocycles. The average Bonchev–Trinajstić information content (AvgIpc) is 2.62. The molecule has 0 aliphatic rings. The molecule has 4 heteroatoms. The molecule has 0 saturated heterocycles. The lowest BCUT2D eigenvalue weighted by atomic mass is 9.95. The maximum Gasteiger partial charge on any atom is 0.271 e. The van der Waals surface area contributed by atoms with E-state index in [1.807, 2.05) is 6.07 Å². The molecule has 0 radical (unpaired) electrons. The van der Waals surface area contributed by atoms with E-state index in [9.17, 15) is 4.79 Å². The van der Waals surface area contributed by atoms with Gasteiger partial charge in [-0.2, -0.15) is 0 Å². The van der Waals surface area contributed by atoms with Gasteiger partial charge in [-0.1, -0.05) is 12.1 Å². The van der Waals surface area contributed by atoms with E-state index in [-0.39, 0.29) is 12.1 Å². The fraction of sp³-hybridized carbons (Fsp3) is 0.357. The van der Waals surface area contributed by atoms with Crippen molar-refractivity contribution < 1.29 is 0 Å². The van der Waals surface area contributed by atoms with Crippen LogP contribution >= 0.6 is 0 Å². The molecule has 1 aromatic carbocycles. The highest BCUT2D eigenvalue weighted by Crippen LogP contribution is 2.27. The molecule has 1 aromatic heterocycles. The van der Waals surface area contributed by atoms with Gasteiger partial charge in [0.25, 0.3) is 5.56 Å². The molecule has 3 N–H and O–H groups in total. The minimum Gasteiger partial charge on any atom is -0.326 e. The number of nitrogens with zero attached hydrogens (tertiary/aromatic N) is 1. The molecule has 96 valence electrons. The first-order valence-electron chi connectivity index (χ1n) is 6.02. The van der Waals surface area contributed by atoms with Crippen LogP contribution in [0.5, 0.6) is 0 Å². The van der Waals surface area contributed by atoms with Gasteiger partial charge >= 0.3 is 0 Å². The SMILES string of the molecule is Cc1ccc(-c2[nH]n(C)c(=O)c2CN)c(C)c1C. The van der Waals surface area contributed by atoms with Crippen LogP contribution in [0, 0.1) is 20.8 Å². The van der Waals surface area contributed by atoms with Gasteiger partial charge in [-0.25, -0.2) is 0 Å². The number of H-pyrrole nitrogens is 1. The number of aromatic nitrogens is 2. The standard InChI is InChI=1S/C14H19N3O/c1-8-5-6-11(10(3)9(8)2)13-12(7-15)14(18)17(4)16-13/h5-6,16H,7,15H2,1-4H3. The molecule has 18 heavy (non-hydrogen) atoms. The summed E-state index contributed by atoms with van der Waals surface area (Å²) >= 11 is 0. The molecule has 2 rings (SSSR count). The van der Waals surface area contributed by atoms with Crippen molar-refractivity contribution in [1.82, 2.24) is 9.78 Å². The van der Waals surface area contributed by atoms with Crippen LogP contribution in [-0.2, 0) is 13.6 Å². The van der Waals surface area contributed by atoms with Crippen molar-refractivity contribution in [2.24, 2.45) is 12.8 Å². The zero-order valence-corrected chi connectivity index (χ0v) is 11.3. The number of aryl methyl sites for hydroxylation is 2. The van der Waals surface area contributed by atoms with Crippen LogP contribution in [0.25, 0.3) is 11.3 Å². The molecule has 0 unspecified atom stereocenters. The quantitative estimate of drug-likeness (QED) is 0.847. The zero-order valence-electron chi connectivity index (χ0n) is 11.3. The van der Waals surface area contributed by atoms with Crippen LogP contribution in [-0.4, -0.2) is 9.78 Å². The Morgan fingerprint density at radius 2 is 1.89 bits per heavy atom. The van der Waals surface area contributed by atoms with Gasteiger partial charge in [-0.05, 0) is 37.5 Å². The average molecular weight is 245 g/mol. The predicted molar refractivity (Wildman–Crippen MR) is 73.6 cm³/mol. The third kappa shape index (κ3) is 1.78. The minimum absolute atomic E-state index is 0.0508. The maximum atomic E-state index is 11.9. The van der Waals surface area contributed by atoms with Crippen LogP contribution in [0.3, 0.4) is 0 Å². The number of hydrogen-bond acceptors (Lipinski definition) is 2. The number of nitrogens with two attached hydrogens (primary N) is 1. The Balaban J connectivity index is 2.74. The second-order valence-electron chi connectivity index (χ2n) is 4.71. The van der Waals surface area contributed by atoms with E-state index < -0.39 is 0 Å². The first kappa shape index (κ1) is 12.6. The first-order chi connectivity index (χ1) is 8.47. The van der Waals surface area contributed by atoms with Crippen LogP contribution in [0.4, 0.5) is 0 Å². The van der Waals surface area contributed by atoms with Gasteiger partial charge in [0.05, 0.1) is 11.3 Å². The van der Waals surface area contributed by atoms with Crippen molar-refractivity contribution in [2.45, 2.75) is 27.3 Å². The summed E-state index contributed by atoms with van der Waals surface area (Å²) in [6.45, 7) is 6.50. The second kappa shape index (κ2) is 4.46. The summed E-state index contributed by atoms with van der Waals surface area (Å²) in [4.78, 5) is 11.9. The smallest absolute Gasteiger partial charge is 0.271 e. The molecule has 4 nitrogen and oxygen atoms in total. The topological polar surface area (TPSA) is 63.8 Å². The normalized spacial score (nSPS) is 10.9. The Labute approximate surface area is 106 Å². The van der Waals surface area contributed by atoms with E-state index in [4.69, 9.17) is 5.73 Å². The summed E-state index contributed by atoms with van der Waals surface area (Å²) in [7, 11) is 1.71. The zero-order chi connectivity index (χ0) is 13.4. The monoisotopic (exact) mass is 245 g/mol. The van der Waals surface area contributed by atoms with E-state index in [1.165, 1.54) is 21.4 Å². The van der Waals surface area contributed by atoms with Crippen molar-refractivity contribution in [1.29, 1.82) is 0 Å².